The van der Waals surface area contributed by atoms with Crippen molar-refractivity contribution in [2.75, 3.05) is 13.7 Å². The first-order valence-corrected chi connectivity index (χ1v) is 9.38. The summed E-state index contributed by atoms with van der Waals surface area (Å²) in [5, 5.41) is 1.46. The Morgan fingerprint density at radius 3 is 2.25 bits per heavy atom. The number of halogens is 3. The smallest absolute Gasteiger partial charge is 0.370 e. The predicted octanol–water partition coefficient (Wildman–Crippen LogP) is 2.63. The molecule has 1 heterocycles. The van der Waals surface area contributed by atoms with E-state index in [1.807, 2.05) is 12.1 Å². The predicted molar refractivity (Wildman–Crippen MR) is 97.2 cm³/mol. The van der Waals surface area contributed by atoms with E-state index in [1.165, 1.54) is 44.1 Å². The first-order chi connectivity index (χ1) is 10.9. The van der Waals surface area contributed by atoms with Crippen LogP contribution >= 0.6 is 23.2 Å². The normalized spacial score (nSPS) is 21.2. The van der Waals surface area contributed by atoms with Crippen LogP contribution in [-0.2, 0) is 4.74 Å². The van der Waals surface area contributed by atoms with Crippen molar-refractivity contribution >= 4 is 29.1 Å². The summed E-state index contributed by atoms with van der Waals surface area (Å²) in [6, 6.07) is 3.91. The van der Waals surface area contributed by atoms with Crippen LogP contribution in [0.5, 0.6) is 0 Å². The molecule has 0 bridgehead atoms. The highest BCUT2D eigenvalue weighted by molar-refractivity contribution is 6.35. The summed E-state index contributed by atoms with van der Waals surface area (Å²) in [6.45, 7) is 5.07. The summed E-state index contributed by atoms with van der Waals surface area (Å²) < 4.78 is 8.28. The number of hydrogen-bond donors (Lipinski definition) is 0. The molecule has 0 saturated heterocycles. The SMILES string of the molecule is C[N+]1=C(c2cc(Cl)cc(Cl)c2C2CCCCCC2)OCC1(C)C.[I-]. The zero-order valence-corrected chi connectivity index (χ0v) is 18.3. The third-order valence-corrected chi connectivity index (χ3v) is 5.89. The van der Waals surface area contributed by atoms with E-state index in [1.54, 1.807) is 0 Å². The van der Waals surface area contributed by atoms with Gasteiger partial charge < -0.3 is 28.7 Å². The van der Waals surface area contributed by atoms with E-state index in [9.17, 15) is 0 Å². The first kappa shape index (κ1) is 20.3. The summed E-state index contributed by atoms with van der Waals surface area (Å²) in [5.74, 6) is 1.42. The second-order valence-electron chi connectivity index (χ2n) is 7.50. The number of hydrogen-bond acceptors (Lipinski definition) is 1. The molecule has 134 valence electrons. The number of likely N-dealkylation sites (N-methyl/N-ethyl adjacent to an activating group) is 1. The Balaban J connectivity index is 0.00000208. The lowest BCUT2D eigenvalue weighted by atomic mass is 9.88. The van der Waals surface area contributed by atoms with Crippen LogP contribution in [-0.4, -0.2) is 29.7 Å². The Morgan fingerprint density at radius 2 is 1.71 bits per heavy atom. The molecule has 0 amide bonds. The van der Waals surface area contributed by atoms with Gasteiger partial charge >= 0.3 is 5.90 Å². The Bertz CT molecular complexity index is 634. The van der Waals surface area contributed by atoms with E-state index in [2.05, 4.69) is 25.5 Å². The Kier molecular flexibility index (Phi) is 6.88. The fraction of sp³-hybridized carbons (Fsp3) is 0.632. The number of ether oxygens (including phenoxy) is 1. The van der Waals surface area contributed by atoms with Gasteiger partial charge in [-0.25, -0.2) is 0 Å². The van der Waals surface area contributed by atoms with E-state index in [0.29, 0.717) is 17.5 Å². The fourth-order valence-electron chi connectivity index (χ4n) is 3.72. The summed E-state index contributed by atoms with van der Waals surface area (Å²) in [6.07, 6.45) is 7.62. The van der Waals surface area contributed by atoms with Crippen LogP contribution in [0.25, 0.3) is 0 Å². The van der Waals surface area contributed by atoms with Crippen molar-refractivity contribution in [2.45, 2.75) is 63.8 Å². The Hall–Kier alpha value is 0. The Labute approximate surface area is 172 Å². The maximum atomic E-state index is 6.65. The van der Waals surface area contributed by atoms with Gasteiger partial charge in [0.1, 0.15) is 7.05 Å². The lowest BCUT2D eigenvalue weighted by Gasteiger charge is -2.19. The largest absolute Gasteiger partial charge is 1.00 e. The number of benzene rings is 1. The highest BCUT2D eigenvalue weighted by Gasteiger charge is 2.42. The summed E-state index contributed by atoms with van der Waals surface area (Å²) in [7, 11) is 2.09. The molecule has 0 atom stereocenters. The minimum absolute atomic E-state index is 0. The summed E-state index contributed by atoms with van der Waals surface area (Å²) >= 11 is 13.0. The summed E-state index contributed by atoms with van der Waals surface area (Å²) in [5.41, 5.74) is 2.31. The van der Waals surface area contributed by atoms with Gasteiger partial charge in [0.25, 0.3) is 0 Å². The molecule has 1 aromatic rings. The van der Waals surface area contributed by atoms with Crippen LogP contribution in [0.1, 0.15) is 69.4 Å². The minimum Gasteiger partial charge on any atom is -1.00 e. The summed E-state index contributed by atoms with van der Waals surface area (Å²) in [4.78, 5) is 0. The van der Waals surface area contributed by atoms with E-state index in [4.69, 9.17) is 27.9 Å². The van der Waals surface area contributed by atoms with Gasteiger partial charge in [0.05, 0.1) is 5.56 Å². The molecule has 1 aliphatic carbocycles. The van der Waals surface area contributed by atoms with Gasteiger partial charge in [-0.15, -0.1) is 0 Å². The highest BCUT2D eigenvalue weighted by atomic mass is 127. The average molecular weight is 482 g/mol. The first-order valence-electron chi connectivity index (χ1n) is 8.63. The van der Waals surface area contributed by atoms with E-state index >= 15 is 0 Å². The van der Waals surface area contributed by atoms with Gasteiger partial charge in [-0.05, 0) is 36.5 Å². The van der Waals surface area contributed by atoms with Crippen molar-refractivity contribution in [1.29, 1.82) is 0 Å². The molecule has 2 nitrogen and oxygen atoms in total. The quantitative estimate of drug-likeness (QED) is 0.359. The van der Waals surface area contributed by atoms with Gasteiger partial charge in [0.15, 0.2) is 12.1 Å². The van der Waals surface area contributed by atoms with Crippen molar-refractivity contribution in [2.24, 2.45) is 0 Å². The number of rotatable bonds is 2. The van der Waals surface area contributed by atoms with Gasteiger partial charge in [-0.1, -0.05) is 48.9 Å². The molecule has 5 heteroatoms. The standard InChI is InChI=1S/C19H26Cl2NO.HI/c1-19(2)12-23-18(22(19)3)15-10-14(20)11-16(21)17(15)13-8-6-4-5-7-9-13;/h10-11,13H,4-9,12H2,1-3H3;1H/q+1;/p-1. The lowest BCUT2D eigenvalue weighted by molar-refractivity contribution is -0.562. The second kappa shape index (κ2) is 8.13. The molecular formula is C19H26Cl2INO. The molecule has 1 fully saturated rings. The molecule has 0 unspecified atom stereocenters. The third-order valence-electron chi connectivity index (χ3n) is 5.36. The van der Waals surface area contributed by atoms with Crippen molar-refractivity contribution in [3.8, 4) is 0 Å². The minimum atomic E-state index is -0.00908. The van der Waals surface area contributed by atoms with Crippen LogP contribution in [0, 0.1) is 0 Å². The molecule has 1 aliphatic heterocycles. The molecule has 1 aromatic carbocycles. The molecule has 24 heavy (non-hydrogen) atoms. The van der Waals surface area contributed by atoms with Gasteiger partial charge in [0, 0.05) is 23.9 Å². The third kappa shape index (κ3) is 4.04. The van der Waals surface area contributed by atoms with Crippen molar-refractivity contribution in [3.63, 3.8) is 0 Å². The maximum absolute atomic E-state index is 6.65. The van der Waals surface area contributed by atoms with Crippen molar-refractivity contribution < 1.29 is 33.3 Å². The van der Waals surface area contributed by atoms with E-state index < -0.39 is 0 Å². The van der Waals surface area contributed by atoms with Crippen molar-refractivity contribution in [3.05, 3.63) is 33.3 Å². The topological polar surface area (TPSA) is 12.2 Å². The molecule has 0 N–H and O–H groups in total. The Morgan fingerprint density at radius 1 is 1.08 bits per heavy atom. The number of nitrogens with zero attached hydrogens (tertiary/aromatic N) is 1. The molecular weight excluding hydrogens is 456 g/mol. The molecule has 1 saturated carbocycles. The second-order valence-corrected chi connectivity index (χ2v) is 8.35. The molecule has 0 radical (unpaired) electrons. The van der Waals surface area contributed by atoms with Crippen molar-refractivity contribution in [1.82, 2.24) is 0 Å². The van der Waals surface area contributed by atoms with E-state index in [0.717, 1.165) is 16.5 Å². The van der Waals surface area contributed by atoms with Gasteiger partial charge in [-0.3, -0.25) is 0 Å². The zero-order valence-electron chi connectivity index (χ0n) is 14.7. The highest BCUT2D eigenvalue weighted by Crippen LogP contribution is 2.40. The molecule has 0 spiro atoms. The van der Waals surface area contributed by atoms with Gasteiger partial charge in [0.2, 0.25) is 0 Å². The van der Waals surface area contributed by atoms with Crippen LogP contribution in [0.2, 0.25) is 10.0 Å². The fourth-order valence-corrected chi connectivity index (χ4v) is 4.36. The van der Waals surface area contributed by atoms with Crippen LogP contribution in [0.3, 0.4) is 0 Å². The average Bonchev–Trinajstić information content (AvgIpc) is 2.69. The van der Waals surface area contributed by atoms with Gasteiger partial charge in [-0.2, -0.15) is 4.58 Å². The molecule has 2 aliphatic rings. The lowest BCUT2D eigenvalue weighted by Crippen LogP contribution is -3.00. The van der Waals surface area contributed by atoms with E-state index in [-0.39, 0.29) is 29.5 Å². The van der Waals surface area contributed by atoms with Crippen LogP contribution in [0.4, 0.5) is 0 Å². The zero-order chi connectivity index (χ0) is 16.6. The molecule has 3 rings (SSSR count). The molecule has 0 aromatic heterocycles. The maximum Gasteiger partial charge on any atom is 0.370 e. The monoisotopic (exact) mass is 481 g/mol. The van der Waals surface area contributed by atoms with Crippen LogP contribution < -0.4 is 24.0 Å². The van der Waals surface area contributed by atoms with Crippen LogP contribution in [0.15, 0.2) is 12.1 Å².